The third kappa shape index (κ3) is 4.44. The fourth-order valence-corrected chi connectivity index (χ4v) is 10.2. The molecule has 0 radical (unpaired) electrons. The van der Waals surface area contributed by atoms with E-state index in [0.717, 1.165) is 5.02 Å². The molecular weight excluding hydrogens is 224 g/mol. The fraction of sp³-hybridized carbons (Fsp3) is 0.455. The van der Waals surface area contributed by atoms with Crippen molar-refractivity contribution in [1.82, 2.24) is 0 Å². The average Bonchev–Trinajstić information content (AvgIpc) is 2.07. The lowest BCUT2D eigenvalue weighted by atomic mass is 10.2. The molecule has 0 heterocycles. The van der Waals surface area contributed by atoms with Crippen LogP contribution in [-0.4, -0.2) is 17.6 Å². The molecule has 0 N–H and O–H groups in total. The van der Waals surface area contributed by atoms with Crippen LogP contribution in [0.4, 0.5) is 0 Å². The van der Waals surface area contributed by atoms with Gasteiger partial charge in [-0.1, -0.05) is 54.6 Å². The van der Waals surface area contributed by atoms with Crippen molar-refractivity contribution in [2.24, 2.45) is 0 Å². The first-order valence-corrected chi connectivity index (χ1v) is 11.6. The highest BCUT2D eigenvalue weighted by molar-refractivity contribution is 6.75. The predicted octanol–water partition coefficient (Wildman–Crippen LogP) is 3.30. The predicted molar refractivity (Wildman–Crippen MR) is 71.9 cm³/mol. The number of rotatable bonds is 4. The fourth-order valence-electron chi connectivity index (χ4n) is 1.91. The van der Waals surface area contributed by atoms with E-state index in [0.29, 0.717) is 0 Å². The van der Waals surface area contributed by atoms with E-state index in [1.807, 2.05) is 12.1 Å². The summed E-state index contributed by atoms with van der Waals surface area (Å²) in [7, 11) is -0.828. The van der Waals surface area contributed by atoms with Gasteiger partial charge in [0.2, 0.25) is 0 Å². The molecule has 0 aliphatic carbocycles. The maximum atomic E-state index is 5.85. The standard InChI is InChI=1S/C11H19ClSi2/c1-13(2)9-14(3)8-10-4-6-11(12)7-5-10/h4-7,13-14H,8-9H2,1-3H3. The molecule has 14 heavy (non-hydrogen) atoms. The molecule has 78 valence electrons. The number of benzene rings is 1. The molecule has 0 amide bonds. The zero-order valence-corrected chi connectivity index (χ0v) is 12.3. The normalized spacial score (nSPS) is 13.2. The van der Waals surface area contributed by atoms with E-state index < -0.39 is 8.80 Å². The van der Waals surface area contributed by atoms with Gasteiger partial charge in [-0.3, -0.25) is 0 Å². The van der Waals surface area contributed by atoms with Gasteiger partial charge in [-0.05, 0) is 18.2 Å². The summed E-state index contributed by atoms with van der Waals surface area (Å²) >= 11 is 5.85. The summed E-state index contributed by atoms with van der Waals surface area (Å²) in [5, 5.41) is 0.848. The van der Waals surface area contributed by atoms with Gasteiger partial charge >= 0.3 is 0 Å². The average molecular weight is 243 g/mol. The van der Waals surface area contributed by atoms with Crippen molar-refractivity contribution < 1.29 is 0 Å². The SMILES string of the molecule is C[SiH](C)C[SiH](C)Cc1ccc(Cl)cc1. The molecule has 1 aromatic rings. The Balaban J connectivity index is 2.47. The first-order chi connectivity index (χ1) is 6.58. The van der Waals surface area contributed by atoms with Gasteiger partial charge in [0.25, 0.3) is 0 Å². The lowest BCUT2D eigenvalue weighted by Gasteiger charge is -2.11. The lowest BCUT2D eigenvalue weighted by molar-refractivity contribution is 1.34. The Morgan fingerprint density at radius 3 is 2.14 bits per heavy atom. The Bertz CT molecular complexity index is 269. The van der Waals surface area contributed by atoms with Gasteiger partial charge < -0.3 is 0 Å². The van der Waals surface area contributed by atoms with E-state index in [-0.39, 0.29) is 8.80 Å². The van der Waals surface area contributed by atoms with E-state index in [2.05, 4.69) is 31.8 Å². The first kappa shape index (κ1) is 12.0. The van der Waals surface area contributed by atoms with Crippen molar-refractivity contribution in [1.29, 1.82) is 0 Å². The van der Waals surface area contributed by atoms with Crippen LogP contribution in [-0.2, 0) is 6.04 Å². The van der Waals surface area contributed by atoms with Crippen molar-refractivity contribution in [3.63, 3.8) is 0 Å². The Morgan fingerprint density at radius 2 is 1.64 bits per heavy atom. The largest absolute Gasteiger partial charge is 0.0843 e. The minimum atomic E-state index is -0.484. The second-order valence-corrected chi connectivity index (χ2v) is 12.3. The van der Waals surface area contributed by atoms with Gasteiger partial charge in [-0.2, -0.15) is 0 Å². The highest BCUT2D eigenvalue weighted by Gasteiger charge is 2.08. The molecule has 1 aromatic carbocycles. The number of hydrogen-bond donors (Lipinski definition) is 0. The quantitative estimate of drug-likeness (QED) is 0.711. The lowest BCUT2D eigenvalue weighted by Crippen LogP contribution is -2.18. The van der Waals surface area contributed by atoms with Crippen molar-refractivity contribution in [2.45, 2.75) is 31.4 Å². The van der Waals surface area contributed by atoms with Crippen LogP contribution in [0, 0.1) is 0 Å². The molecule has 0 bridgehead atoms. The molecule has 0 fully saturated rings. The number of halogens is 1. The molecule has 3 heteroatoms. The molecule has 0 saturated heterocycles. The van der Waals surface area contributed by atoms with E-state index in [1.165, 1.54) is 11.6 Å². The van der Waals surface area contributed by atoms with E-state index in [1.54, 1.807) is 5.67 Å². The van der Waals surface area contributed by atoms with Crippen LogP contribution in [0.1, 0.15) is 5.56 Å². The molecular formula is C11H19ClSi2. The van der Waals surface area contributed by atoms with Crippen LogP contribution >= 0.6 is 11.6 Å². The van der Waals surface area contributed by atoms with Gasteiger partial charge in [0, 0.05) is 22.6 Å². The van der Waals surface area contributed by atoms with Crippen LogP contribution in [0.3, 0.4) is 0 Å². The summed E-state index contributed by atoms with van der Waals surface area (Å²) in [6.45, 7) is 7.39. The number of hydrogen-bond acceptors (Lipinski definition) is 0. The Hall–Kier alpha value is -0.0562. The summed E-state index contributed by atoms with van der Waals surface area (Å²) in [5.74, 6) is 0. The topological polar surface area (TPSA) is 0 Å². The highest BCUT2D eigenvalue weighted by atomic mass is 35.5. The van der Waals surface area contributed by atoms with Crippen LogP contribution in [0.15, 0.2) is 24.3 Å². The van der Waals surface area contributed by atoms with Gasteiger partial charge in [0.05, 0.1) is 0 Å². The van der Waals surface area contributed by atoms with Gasteiger partial charge in [0.15, 0.2) is 0 Å². The van der Waals surface area contributed by atoms with E-state index >= 15 is 0 Å². The summed E-state index contributed by atoms with van der Waals surface area (Å²) in [4.78, 5) is 0. The summed E-state index contributed by atoms with van der Waals surface area (Å²) in [6.07, 6.45) is 0. The van der Waals surface area contributed by atoms with Crippen molar-refractivity contribution in [3.8, 4) is 0 Å². The van der Waals surface area contributed by atoms with Crippen LogP contribution in [0.5, 0.6) is 0 Å². The Morgan fingerprint density at radius 1 is 1.07 bits per heavy atom. The van der Waals surface area contributed by atoms with Crippen LogP contribution < -0.4 is 0 Å². The molecule has 0 nitrogen and oxygen atoms in total. The zero-order valence-electron chi connectivity index (χ0n) is 9.26. The highest BCUT2D eigenvalue weighted by Crippen LogP contribution is 2.12. The minimum Gasteiger partial charge on any atom is -0.0843 e. The summed E-state index contributed by atoms with van der Waals surface area (Å²) < 4.78 is 0. The monoisotopic (exact) mass is 242 g/mol. The molecule has 0 aromatic heterocycles. The maximum absolute atomic E-state index is 5.85. The Labute approximate surface area is 95.5 Å². The molecule has 1 atom stereocenters. The minimum absolute atomic E-state index is 0.344. The third-order valence-electron chi connectivity index (χ3n) is 2.37. The third-order valence-corrected chi connectivity index (χ3v) is 10.8. The second kappa shape index (κ2) is 5.73. The molecule has 0 saturated carbocycles. The van der Waals surface area contributed by atoms with Gasteiger partial charge in [0.1, 0.15) is 0 Å². The molecule has 1 unspecified atom stereocenters. The molecule has 1 rings (SSSR count). The van der Waals surface area contributed by atoms with E-state index in [9.17, 15) is 0 Å². The first-order valence-electron chi connectivity index (χ1n) is 5.32. The zero-order chi connectivity index (χ0) is 10.6. The smallest absolute Gasteiger partial charge is 0.0406 e. The van der Waals surface area contributed by atoms with Gasteiger partial charge in [-0.15, -0.1) is 0 Å². The van der Waals surface area contributed by atoms with Crippen molar-refractivity contribution in [3.05, 3.63) is 34.9 Å². The molecule has 0 aliphatic rings. The van der Waals surface area contributed by atoms with Crippen molar-refractivity contribution in [2.75, 3.05) is 0 Å². The van der Waals surface area contributed by atoms with Crippen molar-refractivity contribution >= 4 is 29.2 Å². The molecule has 0 spiro atoms. The Kier molecular flexibility index (Phi) is 4.92. The molecule has 0 aliphatic heterocycles. The summed E-state index contributed by atoms with van der Waals surface area (Å²) in [6, 6.07) is 9.69. The van der Waals surface area contributed by atoms with Gasteiger partial charge in [-0.25, -0.2) is 0 Å². The summed E-state index contributed by atoms with van der Waals surface area (Å²) in [5.41, 5.74) is 3.05. The van der Waals surface area contributed by atoms with Crippen LogP contribution in [0.25, 0.3) is 0 Å². The maximum Gasteiger partial charge on any atom is 0.0406 e. The second-order valence-electron chi connectivity index (χ2n) is 4.57. The van der Waals surface area contributed by atoms with E-state index in [4.69, 9.17) is 11.6 Å². The van der Waals surface area contributed by atoms with Crippen LogP contribution in [0.2, 0.25) is 30.3 Å².